The maximum atomic E-state index is 13.0. The molecule has 7 nitrogen and oxygen atoms in total. The van der Waals surface area contributed by atoms with Crippen molar-refractivity contribution in [2.45, 2.75) is 44.8 Å². The third-order valence-electron chi connectivity index (χ3n) is 6.13. The van der Waals surface area contributed by atoms with E-state index < -0.39 is 23.8 Å². The first-order valence-corrected chi connectivity index (χ1v) is 11.5. The number of hydrogen-bond acceptors (Lipinski definition) is 5. The molecule has 2 amide bonds. The molecule has 33 heavy (non-hydrogen) atoms. The van der Waals surface area contributed by atoms with Crippen LogP contribution in [-0.4, -0.2) is 71.6 Å². The molecule has 2 aliphatic rings. The van der Waals surface area contributed by atoms with Gasteiger partial charge in [-0.3, -0.25) is 0 Å². The molecule has 1 unspecified atom stereocenters. The summed E-state index contributed by atoms with van der Waals surface area (Å²) < 4.78 is 11.3. The number of hydrogen-bond donors (Lipinski definition) is 1. The van der Waals surface area contributed by atoms with Crippen LogP contribution in [0.1, 0.15) is 44.2 Å². The highest BCUT2D eigenvalue weighted by Crippen LogP contribution is 2.44. The van der Waals surface area contributed by atoms with Crippen LogP contribution < -0.4 is 0 Å². The fourth-order valence-corrected chi connectivity index (χ4v) is 4.63. The van der Waals surface area contributed by atoms with Crippen LogP contribution in [0.25, 0.3) is 11.1 Å². The van der Waals surface area contributed by atoms with E-state index in [9.17, 15) is 14.7 Å². The molecule has 1 fully saturated rings. The summed E-state index contributed by atoms with van der Waals surface area (Å²) in [6.45, 7) is 6.46. The highest BCUT2D eigenvalue weighted by atomic mass is 16.6. The lowest BCUT2D eigenvalue weighted by atomic mass is 9.98. The van der Waals surface area contributed by atoms with Gasteiger partial charge in [-0.05, 0) is 49.4 Å². The first kappa shape index (κ1) is 23.1. The highest BCUT2D eigenvalue weighted by Gasteiger charge is 2.34. The van der Waals surface area contributed by atoms with Crippen molar-refractivity contribution in [1.82, 2.24) is 9.80 Å². The van der Waals surface area contributed by atoms with Crippen LogP contribution in [0.4, 0.5) is 9.59 Å². The van der Waals surface area contributed by atoms with Gasteiger partial charge in [0.2, 0.25) is 0 Å². The van der Waals surface area contributed by atoms with Crippen molar-refractivity contribution in [2.75, 3.05) is 32.8 Å². The highest BCUT2D eigenvalue weighted by molar-refractivity contribution is 5.79. The largest absolute Gasteiger partial charge is 0.448 e. The maximum Gasteiger partial charge on any atom is 0.410 e. The van der Waals surface area contributed by atoms with Crippen molar-refractivity contribution in [1.29, 1.82) is 0 Å². The Labute approximate surface area is 194 Å². The fourth-order valence-electron chi connectivity index (χ4n) is 4.63. The van der Waals surface area contributed by atoms with Gasteiger partial charge in [-0.15, -0.1) is 0 Å². The van der Waals surface area contributed by atoms with Crippen LogP contribution in [0.3, 0.4) is 0 Å². The van der Waals surface area contributed by atoms with Crippen LogP contribution in [-0.2, 0) is 9.47 Å². The number of rotatable bonds is 3. The van der Waals surface area contributed by atoms with Gasteiger partial charge in [0.25, 0.3) is 0 Å². The van der Waals surface area contributed by atoms with E-state index in [0.717, 1.165) is 11.1 Å². The van der Waals surface area contributed by atoms with Crippen molar-refractivity contribution >= 4 is 12.2 Å². The van der Waals surface area contributed by atoms with Crippen molar-refractivity contribution < 1.29 is 24.2 Å². The van der Waals surface area contributed by atoms with Gasteiger partial charge < -0.3 is 24.4 Å². The molecule has 0 bridgehead atoms. The van der Waals surface area contributed by atoms with Gasteiger partial charge in [-0.1, -0.05) is 48.5 Å². The van der Waals surface area contributed by atoms with Crippen LogP contribution >= 0.6 is 0 Å². The van der Waals surface area contributed by atoms with E-state index >= 15 is 0 Å². The monoisotopic (exact) mass is 452 g/mol. The van der Waals surface area contributed by atoms with Gasteiger partial charge in [-0.2, -0.15) is 0 Å². The number of carbonyl (C=O) groups is 2. The second-order valence-corrected chi connectivity index (χ2v) is 9.61. The van der Waals surface area contributed by atoms with Gasteiger partial charge >= 0.3 is 12.2 Å². The number of carbonyl (C=O) groups excluding carboxylic acids is 2. The normalized spacial score (nSPS) is 18.4. The molecule has 0 aromatic heterocycles. The van der Waals surface area contributed by atoms with E-state index in [1.807, 2.05) is 24.3 Å². The van der Waals surface area contributed by atoms with E-state index in [2.05, 4.69) is 24.3 Å². The number of aliphatic hydroxyl groups excluding tert-OH is 1. The number of ether oxygens (including phenoxy) is 2. The van der Waals surface area contributed by atoms with Crippen molar-refractivity contribution in [3.63, 3.8) is 0 Å². The molecule has 0 saturated carbocycles. The average molecular weight is 453 g/mol. The molecular formula is C26H32N2O5. The molecule has 1 aliphatic carbocycles. The minimum atomic E-state index is -0.629. The van der Waals surface area contributed by atoms with Crippen LogP contribution in [0.15, 0.2) is 48.5 Å². The minimum absolute atomic E-state index is 0.0137. The zero-order valence-corrected chi connectivity index (χ0v) is 19.5. The zero-order valence-electron chi connectivity index (χ0n) is 19.5. The molecule has 1 saturated heterocycles. The van der Waals surface area contributed by atoms with Crippen LogP contribution in [0.2, 0.25) is 0 Å². The minimum Gasteiger partial charge on any atom is -0.448 e. The Bertz CT molecular complexity index is 970. The summed E-state index contributed by atoms with van der Waals surface area (Å²) in [4.78, 5) is 28.7. The summed E-state index contributed by atoms with van der Waals surface area (Å²) in [6, 6.07) is 15.9. The van der Waals surface area contributed by atoms with Gasteiger partial charge in [0, 0.05) is 25.6 Å². The quantitative estimate of drug-likeness (QED) is 0.754. The van der Waals surface area contributed by atoms with Gasteiger partial charge in [0.05, 0.1) is 12.6 Å². The Morgan fingerprint density at radius 2 is 1.58 bits per heavy atom. The lowest BCUT2D eigenvalue weighted by molar-refractivity contribution is 0.00884. The summed E-state index contributed by atoms with van der Waals surface area (Å²) in [5, 5.41) is 9.93. The molecule has 4 rings (SSSR count). The Hall–Kier alpha value is -3.06. The summed E-state index contributed by atoms with van der Waals surface area (Å²) in [7, 11) is 0. The number of amides is 2. The molecular weight excluding hydrogens is 420 g/mol. The predicted octanol–water partition coefficient (Wildman–Crippen LogP) is 4.24. The molecule has 1 aliphatic heterocycles. The second-order valence-electron chi connectivity index (χ2n) is 9.61. The Morgan fingerprint density at radius 3 is 2.15 bits per heavy atom. The molecule has 1 atom stereocenters. The number of aliphatic hydroxyl groups is 1. The average Bonchev–Trinajstić information content (AvgIpc) is 2.94. The Morgan fingerprint density at radius 1 is 0.970 bits per heavy atom. The molecule has 0 radical (unpaired) electrons. The first-order valence-electron chi connectivity index (χ1n) is 11.5. The van der Waals surface area contributed by atoms with E-state index in [1.165, 1.54) is 16.0 Å². The van der Waals surface area contributed by atoms with Crippen molar-refractivity contribution in [3.05, 3.63) is 59.7 Å². The zero-order chi connectivity index (χ0) is 23.6. The maximum absolute atomic E-state index is 13.0. The Kier molecular flexibility index (Phi) is 6.61. The lowest BCUT2D eigenvalue weighted by Crippen LogP contribution is -2.49. The smallest absolute Gasteiger partial charge is 0.410 e. The number of fused-ring (bicyclic) bond motifs is 3. The van der Waals surface area contributed by atoms with E-state index in [-0.39, 0.29) is 25.7 Å². The standard InChI is InChI=1S/C26H32N2O5/c1-26(2,3)33-25(31)28-14-8-13-27(15-18(28)16-29)24(30)32-17-23-21-11-6-4-9-19(21)20-10-5-7-12-22(20)23/h4-7,9-12,18,23,29H,8,13-17H2,1-3H3. The third kappa shape index (κ3) is 4.98. The van der Waals surface area contributed by atoms with Crippen LogP contribution in [0.5, 0.6) is 0 Å². The molecule has 1 N–H and O–H groups in total. The SMILES string of the molecule is CC(C)(C)OC(=O)N1CCCN(C(=O)OCC2c3ccccc3-c3ccccc32)CC1CO. The molecule has 0 spiro atoms. The van der Waals surface area contributed by atoms with E-state index in [0.29, 0.717) is 19.5 Å². The summed E-state index contributed by atoms with van der Waals surface area (Å²) in [5.74, 6) is -0.0137. The third-order valence-corrected chi connectivity index (χ3v) is 6.13. The topological polar surface area (TPSA) is 79.3 Å². The summed E-state index contributed by atoms with van der Waals surface area (Å²) in [6.07, 6.45) is -0.322. The molecule has 2 aromatic rings. The first-order chi connectivity index (χ1) is 15.8. The predicted molar refractivity (Wildman–Crippen MR) is 125 cm³/mol. The number of benzene rings is 2. The fraction of sp³-hybridized carbons (Fsp3) is 0.462. The Balaban J connectivity index is 1.43. The van der Waals surface area contributed by atoms with Gasteiger partial charge in [-0.25, -0.2) is 9.59 Å². The van der Waals surface area contributed by atoms with E-state index in [1.54, 1.807) is 25.7 Å². The lowest BCUT2D eigenvalue weighted by Gasteiger charge is -2.32. The van der Waals surface area contributed by atoms with Crippen LogP contribution in [0, 0.1) is 0 Å². The summed E-state index contributed by atoms with van der Waals surface area (Å²) >= 11 is 0. The second kappa shape index (κ2) is 9.43. The number of nitrogens with zero attached hydrogens (tertiary/aromatic N) is 2. The van der Waals surface area contributed by atoms with Crippen molar-refractivity contribution in [3.8, 4) is 11.1 Å². The van der Waals surface area contributed by atoms with Gasteiger partial charge in [0.1, 0.15) is 12.2 Å². The van der Waals surface area contributed by atoms with Crippen molar-refractivity contribution in [2.24, 2.45) is 0 Å². The van der Waals surface area contributed by atoms with Gasteiger partial charge in [0.15, 0.2) is 0 Å². The summed E-state index contributed by atoms with van der Waals surface area (Å²) in [5.41, 5.74) is 4.04. The molecule has 1 heterocycles. The molecule has 7 heteroatoms. The molecule has 176 valence electrons. The molecule has 2 aromatic carbocycles. The van der Waals surface area contributed by atoms with E-state index in [4.69, 9.17) is 9.47 Å².